The third-order valence-electron chi connectivity index (χ3n) is 16.4. The maximum atomic E-state index is 13.1. The van der Waals surface area contributed by atoms with Crippen molar-refractivity contribution in [3.05, 3.63) is 85.1 Å². The molecule has 0 aromatic heterocycles. The zero-order chi connectivity index (χ0) is 71.8. The molecule has 0 saturated heterocycles. The molecule has 0 amide bonds. The van der Waals surface area contributed by atoms with Crippen LogP contribution in [0, 0.1) is 0 Å². The molecule has 5 atom stereocenters. The number of unbranched alkanes of at least 4 members (excludes halogenated alkanes) is 33. The summed E-state index contributed by atoms with van der Waals surface area (Å²) in [6, 6.07) is 0. The van der Waals surface area contributed by atoms with Gasteiger partial charge < -0.3 is 33.8 Å². The Balaban J connectivity index is 5.34. The normalized spacial score (nSPS) is 14.4. The van der Waals surface area contributed by atoms with Gasteiger partial charge in [-0.1, -0.05) is 280 Å². The van der Waals surface area contributed by atoms with E-state index in [1.807, 2.05) is 0 Å². The molecule has 0 aliphatic heterocycles. The molecule has 3 N–H and O–H groups in total. The molecular weight excluding hydrogens is 1280 g/mol. The maximum absolute atomic E-state index is 13.1. The number of phosphoric acid groups is 2. The van der Waals surface area contributed by atoms with Crippen molar-refractivity contribution in [2.45, 2.75) is 354 Å². The highest BCUT2D eigenvalue weighted by Gasteiger charge is 2.30. The van der Waals surface area contributed by atoms with E-state index in [1.165, 1.54) is 77.0 Å². The average molecular weight is 1420 g/mol. The quantitative estimate of drug-likeness (QED) is 0.0169. The van der Waals surface area contributed by atoms with Gasteiger partial charge in [-0.2, -0.15) is 0 Å². The first-order valence-corrected chi connectivity index (χ1v) is 41.8. The Hall–Kier alpha value is -3.76. The van der Waals surface area contributed by atoms with Crippen molar-refractivity contribution < 1.29 is 80.2 Å². The summed E-state index contributed by atoms with van der Waals surface area (Å²) in [5, 5.41) is 10.6. The monoisotopic (exact) mass is 1420 g/mol. The second kappa shape index (κ2) is 71.6. The fraction of sp³-hybridized carbons (Fsp3) is 0.772. The standard InChI is InChI=1S/C79H140O17P2/c1-5-9-13-17-21-25-29-33-35-36-38-41-44-48-52-56-60-64-77(82)90-70-75(96-79(84)66-62-58-54-50-46-42-37-34-30-26-22-18-14-10-6-2)72-94-98(87,88)92-68-73(80)67-91-97(85,86)93-71-74(95-78(83)65-61-57-53-49-45-40-32-28-24-20-16-12-8-4)69-89-76(81)63-59-55-51-47-43-39-31-27-23-19-15-11-7-3/h9-10,13-14,21-22,25-27,31,33-35,37,73-75,80H,5-8,11-12,15-20,23-24,28-30,32,36,38-72H2,1-4H3,(H,85,86)(H,87,88)/b13-9-,14-10-,25-21-,26-22-,31-27-,35-33-,37-34-. The number of rotatable bonds is 73. The zero-order valence-corrected chi connectivity index (χ0v) is 63.7. The van der Waals surface area contributed by atoms with Crippen LogP contribution in [0.5, 0.6) is 0 Å². The minimum Gasteiger partial charge on any atom is -0.462 e. The molecule has 0 saturated carbocycles. The predicted octanol–water partition coefficient (Wildman–Crippen LogP) is 22.2. The van der Waals surface area contributed by atoms with E-state index in [2.05, 4.69) is 113 Å². The lowest BCUT2D eigenvalue weighted by Crippen LogP contribution is -2.30. The predicted molar refractivity (Wildman–Crippen MR) is 399 cm³/mol. The number of allylic oxidation sites excluding steroid dienone is 14. The first kappa shape index (κ1) is 94.2. The lowest BCUT2D eigenvalue weighted by Gasteiger charge is -2.21. The minimum absolute atomic E-state index is 0.0742. The molecule has 0 fully saturated rings. The van der Waals surface area contributed by atoms with Crippen LogP contribution in [0.15, 0.2) is 85.1 Å². The SMILES string of the molecule is CC/C=C\C/C=C\C/C=C\CCCCCCCCCC(=O)OCC(COP(=O)(O)OCC(O)COP(=O)(O)OCC(COC(=O)CCCCCCC/C=C\CCCCCC)OC(=O)CCCCCCCCCCCCCCC)OC(=O)CCCCCCC/C=C\C/C=C\C/C=C\CC. The number of esters is 4. The van der Waals surface area contributed by atoms with E-state index in [1.54, 1.807) is 0 Å². The van der Waals surface area contributed by atoms with Gasteiger partial charge in [-0.25, -0.2) is 9.13 Å². The average Bonchev–Trinajstić information content (AvgIpc) is 1.05. The lowest BCUT2D eigenvalue weighted by atomic mass is 10.0. The largest absolute Gasteiger partial charge is 0.472 e. The van der Waals surface area contributed by atoms with E-state index in [0.29, 0.717) is 25.7 Å². The summed E-state index contributed by atoms with van der Waals surface area (Å²) in [5.41, 5.74) is 0. The maximum Gasteiger partial charge on any atom is 0.472 e. The molecule has 0 aliphatic rings. The minimum atomic E-state index is -4.98. The second-order valence-electron chi connectivity index (χ2n) is 25.9. The number of phosphoric ester groups is 2. The van der Waals surface area contributed by atoms with Gasteiger partial charge in [-0.05, 0) is 116 Å². The molecule has 0 rings (SSSR count). The van der Waals surface area contributed by atoms with E-state index in [4.69, 9.17) is 37.0 Å². The Morgan fingerprint density at radius 1 is 0.296 bits per heavy atom. The van der Waals surface area contributed by atoms with Crippen LogP contribution in [0.25, 0.3) is 0 Å². The van der Waals surface area contributed by atoms with Gasteiger partial charge in [0.05, 0.1) is 26.4 Å². The van der Waals surface area contributed by atoms with Gasteiger partial charge in [0.25, 0.3) is 0 Å². The van der Waals surface area contributed by atoms with Crippen molar-refractivity contribution in [3.8, 4) is 0 Å². The van der Waals surface area contributed by atoms with Crippen molar-refractivity contribution in [2.24, 2.45) is 0 Å². The highest BCUT2D eigenvalue weighted by molar-refractivity contribution is 7.47. The van der Waals surface area contributed by atoms with Crippen LogP contribution in [0.1, 0.15) is 336 Å². The number of hydrogen-bond donors (Lipinski definition) is 3. The second-order valence-corrected chi connectivity index (χ2v) is 28.8. The number of carbonyl (C=O) groups is 4. The molecule has 0 aromatic rings. The number of hydrogen-bond acceptors (Lipinski definition) is 15. The summed E-state index contributed by atoms with van der Waals surface area (Å²) in [7, 11) is -9.95. The fourth-order valence-electron chi connectivity index (χ4n) is 10.5. The summed E-state index contributed by atoms with van der Waals surface area (Å²) in [5.74, 6) is -2.19. The number of aliphatic hydroxyl groups is 1. The third kappa shape index (κ3) is 70.7. The summed E-state index contributed by atoms with van der Waals surface area (Å²) < 4.78 is 68.5. The topological polar surface area (TPSA) is 237 Å². The van der Waals surface area contributed by atoms with Crippen molar-refractivity contribution >= 4 is 39.5 Å². The van der Waals surface area contributed by atoms with Gasteiger partial charge >= 0.3 is 39.5 Å². The van der Waals surface area contributed by atoms with E-state index in [0.717, 1.165) is 180 Å². The molecule has 0 aliphatic carbocycles. The molecule has 19 heteroatoms. The summed E-state index contributed by atoms with van der Waals surface area (Å²) >= 11 is 0. The van der Waals surface area contributed by atoms with Gasteiger partial charge in [0.15, 0.2) is 12.2 Å². The van der Waals surface area contributed by atoms with Gasteiger partial charge in [-0.15, -0.1) is 0 Å². The van der Waals surface area contributed by atoms with Crippen LogP contribution in [-0.2, 0) is 65.4 Å². The fourth-order valence-corrected chi connectivity index (χ4v) is 12.1. The lowest BCUT2D eigenvalue weighted by molar-refractivity contribution is -0.161. The molecule has 0 heterocycles. The summed E-state index contributed by atoms with van der Waals surface area (Å²) in [6.07, 6.45) is 72.8. The van der Waals surface area contributed by atoms with E-state index < -0.39 is 97.5 Å². The summed E-state index contributed by atoms with van der Waals surface area (Å²) in [6.45, 7) is 4.64. The highest BCUT2D eigenvalue weighted by atomic mass is 31.2. The van der Waals surface area contributed by atoms with Gasteiger partial charge in [0, 0.05) is 25.7 Å². The Morgan fingerprint density at radius 2 is 0.531 bits per heavy atom. The number of ether oxygens (including phenoxy) is 4. The van der Waals surface area contributed by atoms with Gasteiger partial charge in [0.1, 0.15) is 19.3 Å². The molecule has 5 unspecified atom stereocenters. The zero-order valence-electron chi connectivity index (χ0n) is 62.0. The summed E-state index contributed by atoms with van der Waals surface area (Å²) in [4.78, 5) is 72.9. The molecule has 0 radical (unpaired) electrons. The van der Waals surface area contributed by atoms with Gasteiger partial charge in [-0.3, -0.25) is 37.3 Å². The van der Waals surface area contributed by atoms with Crippen molar-refractivity contribution in [1.29, 1.82) is 0 Å². The Bertz CT molecular complexity index is 2190. The Labute approximate surface area is 595 Å². The van der Waals surface area contributed by atoms with Crippen LogP contribution in [0.3, 0.4) is 0 Å². The van der Waals surface area contributed by atoms with Crippen LogP contribution < -0.4 is 0 Å². The molecular formula is C79H140O17P2. The van der Waals surface area contributed by atoms with Crippen molar-refractivity contribution in [2.75, 3.05) is 39.6 Å². The van der Waals surface area contributed by atoms with Crippen LogP contribution >= 0.6 is 15.6 Å². The molecule has 0 bridgehead atoms. The first-order chi connectivity index (χ1) is 47.7. The van der Waals surface area contributed by atoms with Crippen LogP contribution in [0.2, 0.25) is 0 Å². The Morgan fingerprint density at radius 3 is 0.837 bits per heavy atom. The smallest absolute Gasteiger partial charge is 0.462 e. The molecule has 568 valence electrons. The van der Waals surface area contributed by atoms with Crippen molar-refractivity contribution in [3.63, 3.8) is 0 Å². The van der Waals surface area contributed by atoms with E-state index in [-0.39, 0.29) is 25.7 Å². The van der Waals surface area contributed by atoms with Gasteiger partial charge in [0.2, 0.25) is 0 Å². The van der Waals surface area contributed by atoms with E-state index in [9.17, 15) is 43.2 Å². The van der Waals surface area contributed by atoms with Crippen LogP contribution in [-0.4, -0.2) is 96.7 Å². The first-order valence-electron chi connectivity index (χ1n) is 38.8. The van der Waals surface area contributed by atoms with Crippen molar-refractivity contribution in [1.82, 2.24) is 0 Å². The molecule has 0 spiro atoms. The molecule has 0 aromatic carbocycles. The van der Waals surface area contributed by atoms with E-state index >= 15 is 0 Å². The van der Waals surface area contributed by atoms with Crippen LogP contribution in [0.4, 0.5) is 0 Å². The Kier molecular flexibility index (Phi) is 68.9. The molecule has 98 heavy (non-hydrogen) atoms. The number of carbonyl (C=O) groups excluding carboxylic acids is 4. The highest BCUT2D eigenvalue weighted by Crippen LogP contribution is 2.45. The molecule has 17 nitrogen and oxygen atoms in total. The third-order valence-corrected chi connectivity index (χ3v) is 18.3. The number of aliphatic hydroxyl groups excluding tert-OH is 1.